The molecule has 2 heterocycles. The Morgan fingerprint density at radius 2 is 2.03 bits per heavy atom. The average molecular weight is 403 g/mol. The summed E-state index contributed by atoms with van der Waals surface area (Å²) in [5, 5.41) is 15.7. The molecule has 0 unspecified atom stereocenters. The Balaban J connectivity index is 1.79. The van der Waals surface area contributed by atoms with Crippen LogP contribution in [-0.4, -0.2) is 27.2 Å². The van der Waals surface area contributed by atoms with Crippen molar-refractivity contribution in [3.8, 4) is 17.6 Å². The quantitative estimate of drug-likeness (QED) is 0.677. The van der Waals surface area contributed by atoms with Gasteiger partial charge in [-0.1, -0.05) is 23.8 Å². The van der Waals surface area contributed by atoms with Gasteiger partial charge in [0, 0.05) is 25.9 Å². The maximum Gasteiger partial charge on any atom is 0.283 e. The highest BCUT2D eigenvalue weighted by Gasteiger charge is 2.20. The van der Waals surface area contributed by atoms with Crippen molar-refractivity contribution in [2.24, 2.45) is 7.05 Å². The van der Waals surface area contributed by atoms with E-state index in [-0.39, 0.29) is 17.1 Å². The van der Waals surface area contributed by atoms with Crippen molar-refractivity contribution in [2.45, 2.75) is 20.3 Å². The van der Waals surface area contributed by atoms with E-state index in [4.69, 9.17) is 10.00 Å². The number of aromatic nitrogens is 3. The average Bonchev–Trinajstić information content (AvgIpc) is 2.72. The van der Waals surface area contributed by atoms with E-state index in [1.54, 1.807) is 0 Å². The molecule has 0 spiro atoms. The summed E-state index contributed by atoms with van der Waals surface area (Å²) >= 11 is 0. The lowest BCUT2D eigenvalue weighted by Gasteiger charge is -2.12. The van der Waals surface area contributed by atoms with Crippen LogP contribution in [-0.2, 0) is 13.5 Å². The van der Waals surface area contributed by atoms with Crippen LogP contribution in [0.25, 0.3) is 0 Å². The number of amides is 1. The summed E-state index contributed by atoms with van der Waals surface area (Å²) < 4.78 is 6.72. The molecule has 0 bridgehead atoms. The molecule has 30 heavy (non-hydrogen) atoms. The minimum Gasteiger partial charge on any atom is -0.453 e. The summed E-state index contributed by atoms with van der Waals surface area (Å²) in [5.74, 6) is -0.324. The van der Waals surface area contributed by atoms with Gasteiger partial charge in [-0.3, -0.25) is 14.6 Å². The van der Waals surface area contributed by atoms with E-state index in [0.29, 0.717) is 18.5 Å². The van der Waals surface area contributed by atoms with Crippen molar-refractivity contribution < 1.29 is 9.53 Å². The number of carbonyl (C=O) groups excluding carboxylic acids is 1. The maximum absolute atomic E-state index is 12.8. The van der Waals surface area contributed by atoms with Crippen molar-refractivity contribution >= 4 is 5.91 Å². The summed E-state index contributed by atoms with van der Waals surface area (Å²) in [4.78, 5) is 29.3. The van der Waals surface area contributed by atoms with E-state index in [1.807, 2.05) is 32.0 Å². The van der Waals surface area contributed by atoms with Crippen LogP contribution in [0.5, 0.6) is 11.5 Å². The lowest BCUT2D eigenvalue weighted by atomic mass is 10.0. The highest BCUT2D eigenvalue weighted by Crippen LogP contribution is 2.22. The van der Waals surface area contributed by atoms with Crippen LogP contribution < -0.4 is 15.6 Å². The van der Waals surface area contributed by atoms with Crippen molar-refractivity contribution in [1.82, 2.24) is 20.1 Å². The van der Waals surface area contributed by atoms with Gasteiger partial charge in [0.05, 0.1) is 18.0 Å². The molecule has 0 aliphatic carbocycles. The van der Waals surface area contributed by atoms with E-state index in [2.05, 4.69) is 21.5 Å². The third kappa shape index (κ3) is 4.70. The Labute approximate surface area is 173 Å². The van der Waals surface area contributed by atoms with Gasteiger partial charge in [0.1, 0.15) is 11.8 Å². The highest BCUT2D eigenvalue weighted by atomic mass is 16.5. The van der Waals surface area contributed by atoms with Crippen LogP contribution in [0, 0.1) is 25.2 Å². The van der Waals surface area contributed by atoms with Gasteiger partial charge in [-0.2, -0.15) is 10.4 Å². The third-order valence-electron chi connectivity index (χ3n) is 4.58. The molecule has 8 nitrogen and oxygen atoms in total. The van der Waals surface area contributed by atoms with E-state index >= 15 is 0 Å². The number of pyridine rings is 1. The topological polar surface area (TPSA) is 110 Å². The van der Waals surface area contributed by atoms with Crippen LogP contribution in [0.15, 0.2) is 47.7 Å². The molecule has 3 aromatic rings. The van der Waals surface area contributed by atoms with Crippen molar-refractivity contribution in [1.29, 1.82) is 5.26 Å². The number of hydrogen-bond acceptors (Lipinski definition) is 6. The Kier molecular flexibility index (Phi) is 6.23. The molecule has 0 saturated carbocycles. The fraction of sp³-hybridized carbons (Fsp3) is 0.227. The number of benzene rings is 1. The predicted octanol–water partition coefficient (Wildman–Crippen LogP) is 2.43. The molecular formula is C22H21N5O3. The number of ether oxygens (including phenoxy) is 1. The van der Waals surface area contributed by atoms with E-state index in [1.165, 1.54) is 37.3 Å². The molecule has 0 fully saturated rings. The molecule has 0 aliphatic heterocycles. The molecule has 2 aromatic heterocycles. The highest BCUT2D eigenvalue weighted by molar-refractivity contribution is 5.96. The largest absolute Gasteiger partial charge is 0.453 e. The number of hydrogen-bond donors (Lipinski definition) is 1. The SMILES string of the molecule is Cc1ccc(CCNC(=O)c2c(Oc3cncc(C#N)c3)cnn(C)c2=O)c(C)c1. The molecule has 1 aromatic carbocycles. The zero-order valence-electron chi connectivity index (χ0n) is 17.0. The Hall–Kier alpha value is -3.99. The molecule has 0 atom stereocenters. The first-order valence-corrected chi connectivity index (χ1v) is 9.32. The Bertz CT molecular complexity index is 1190. The number of nitriles is 1. The third-order valence-corrected chi connectivity index (χ3v) is 4.58. The maximum atomic E-state index is 12.8. The lowest BCUT2D eigenvalue weighted by Crippen LogP contribution is -2.34. The summed E-state index contributed by atoms with van der Waals surface area (Å²) in [5.41, 5.74) is 3.01. The summed E-state index contributed by atoms with van der Waals surface area (Å²) in [6, 6.07) is 9.57. The normalized spacial score (nSPS) is 10.3. The number of aryl methyl sites for hydroxylation is 3. The summed E-state index contributed by atoms with van der Waals surface area (Å²) in [6.45, 7) is 4.42. The van der Waals surface area contributed by atoms with Gasteiger partial charge in [0.2, 0.25) is 0 Å². The molecule has 8 heteroatoms. The second kappa shape index (κ2) is 9.01. The minimum atomic E-state index is -0.582. The zero-order valence-corrected chi connectivity index (χ0v) is 17.0. The Morgan fingerprint density at radius 3 is 2.77 bits per heavy atom. The smallest absolute Gasteiger partial charge is 0.283 e. The molecule has 1 N–H and O–H groups in total. The molecular weight excluding hydrogens is 382 g/mol. The molecule has 152 valence electrons. The number of nitrogens with one attached hydrogen (secondary N) is 1. The molecule has 0 aliphatic rings. The van der Waals surface area contributed by atoms with Gasteiger partial charge in [-0.05, 0) is 31.4 Å². The first-order valence-electron chi connectivity index (χ1n) is 9.32. The monoisotopic (exact) mass is 403 g/mol. The summed E-state index contributed by atoms with van der Waals surface area (Å²) in [6.07, 6.45) is 4.70. The number of carbonyl (C=O) groups is 1. The van der Waals surface area contributed by atoms with Gasteiger partial charge < -0.3 is 10.1 Å². The molecule has 0 radical (unpaired) electrons. The van der Waals surface area contributed by atoms with Gasteiger partial charge in [0.25, 0.3) is 11.5 Å². The van der Waals surface area contributed by atoms with E-state index < -0.39 is 11.5 Å². The van der Waals surface area contributed by atoms with Gasteiger partial charge in [0.15, 0.2) is 11.3 Å². The standard InChI is InChI=1S/C22H21N5O3/c1-14-4-5-17(15(2)8-14)6-7-25-21(28)20-19(13-26-27(3)22(20)29)30-18-9-16(10-23)11-24-12-18/h4-5,8-9,11-13H,6-7H2,1-3H3,(H,25,28). The van der Waals surface area contributed by atoms with Crippen LogP contribution in [0.2, 0.25) is 0 Å². The van der Waals surface area contributed by atoms with Crippen LogP contribution in [0.3, 0.4) is 0 Å². The lowest BCUT2D eigenvalue weighted by molar-refractivity contribution is 0.0949. The van der Waals surface area contributed by atoms with Crippen molar-refractivity contribution in [3.63, 3.8) is 0 Å². The number of nitrogens with zero attached hydrogens (tertiary/aromatic N) is 4. The van der Waals surface area contributed by atoms with E-state index in [9.17, 15) is 9.59 Å². The van der Waals surface area contributed by atoms with Crippen molar-refractivity contribution in [2.75, 3.05) is 6.54 Å². The first kappa shape index (κ1) is 20.7. The zero-order chi connectivity index (χ0) is 21.7. The van der Waals surface area contributed by atoms with Crippen LogP contribution in [0.1, 0.15) is 32.6 Å². The van der Waals surface area contributed by atoms with Crippen LogP contribution >= 0.6 is 0 Å². The predicted molar refractivity (Wildman–Crippen MR) is 110 cm³/mol. The van der Waals surface area contributed by atoms with Crippen LogP contribution in [0.4, 0.5) is 0 Å². The van der Waals surface area contributed by atoms with Gasteiger partial charge in [-0.15, -0.1) is 0 Å². The van der Waals surface area contributed by atoms with Gasteiger partial charge >= 0.3 is 0 Å². The number of rotatable bonds is 6. The van der Waals surface area contributed by atoms with E-state index in [0.717, 1.165) is 15.8 Å². The second-order valence-corrected chi connectivity index (χ2v) is 6.87. The van der Waals surface area contributed by atoms with Gasteiger partial charge in [-0.25, -0.2) is 4.68 Å². The first-order chi connectivity index (χ1) is 14.4. The molecule has 1 amide bonds. The fourth-order valence-electron chi connectivity index (χ4n) is 3.00. The fourth-order valence-corrected chi connectivity index (χ4v) is 3.00. The second-order valence-electron chi connectivity index (χ2n) is 6.87. The molecule has 3 rings (SSSR count). The summed E-state index contributed by atoms with van der Waals surface area (Å²) in [7, 11) is 1.45. The Morgan fingerprint density at radius 1 is 1.23 bits per heavy atom. The minimum absolute atomic E-state index is 0.000920. The molecule has 0 saturated heterocycles. The van der Waals surface area contributed by atoms with Crippen molar-refractivity contribution in [3.05, 3.63) is 81.0 Å².